The minimum Gasteiger partial charge on any atom is -0.394 e. The molecule has 0 unspecified atom stereocenters. The predicted molar refractivity (Wildman–Crippen MR) is 77.9 cm³/mol. The summed E-state index contributed by atoms with van der Waals surface area (Å²) in [5.41, 5.74) is 0. The lowest BCUT2D eigenvalue weighted by molar-refractivity contribution is -0.133. The highest BCUT2D eigenvalue weighted by atomic mass is 16.3. The molecule has 19 heavy (non-hydrogen) atoms. The number of amides is 1. The van der Waals surface area contributed by atoms with E-state index in [1.807, 2.05) is 4.90 Å². The van der Waals surface area contributed by atoms with Crippen molar-refractivity contribution >= 4 is 5.91 Å². The SMILES string of the molecule is CC(C)C[C@@H](CO)N1CCN(CC(C)C)CCC1=O. The average molecular weight is 270 g/mol. The van der Waals surface area contributed by atoms with E-state index < -0.39 is 0 Å². The minimum absolute atomic E-state index is 0.00787. The fraction of sp³-hybridized carbons (Fsp3) is 0.933. The Labute approximate surface area is 117 Å². The van der Waals surface area contributed by atoms with Crippen LogP contribution in [0.25, 0.3) is 0 Å². The van der Waals surface area contributed by atoms with Crippen molar-refractivity contribution in [2.24, 2.45) is 11.8 Å². The van der Waals surface area contributed by atoms with Gasteiger partial charge in [0, 0.05) is 32.6 Å². The first-order valence-electron chi connectivity index (χ1n) is 7.56. The zero-order valence-electron chi connectivity index (χ0n) is 12.9. The van der Waals surface area contributed by atoms with Crippen molar-refractivity contribution in [1.82, 2.24) is 9.80 Å². The molecule has 0 saturated carbocycles. The molecule has 0 radical (unpaired) electrons. The van der Waals surface area contributed by atoms with Crippen LogP contribution in [-0.2, 0) is 4.79 Å². The average Bonchev–Trinajstić information content (AvgIpc) is 2.49. The first-order valence-corrected chi connectivity index (χ1v) is 7.56. The molecule has 4 nitrogen and oxygen atoms in total. The molecular weight excluding hydrogens is 240 g/mol. The van der Waals surface area contributed by atoms with Crippen molar-refractivity contribution in [3.63, 3.8) is 0 Å². The quantitative estimate of drug-likeness (QED) is 0.797. The van der Waals surface area contributed by atoms with Gasteiger partial charge in [-0.3, -0.25) is 4.79 Å². The van der Waals surface area contributed by atoms with Gasteiger partial charge in [0.05, 0.1) is 12.6 Å². The van der Waals surface area contributed by atoms with E-state index in [4.69, 9.17) is 0 Å². The van der Waals surface area contributed by atoms with Crippen LogP contribution in [-0.4, -0.2) is 59.6 Å². The minimum atomic E-state index is -0.00787. The second kappa shape index (κ2) is 7.85. The van der Waals surface area contributed by atoms with E-state index in [9.17, 15) is 9.90 Å². The number of nitrogens with zero attached hydrogens (tertiary/aromatic N) is 2. The molecule has 1 aliphatic rings. The second-order valence-corrected chi connectivity index (χ2v) is 6.50. The van der Waals surface area contributed by atoms with E-state index in [1.165, 1.54) is 0 Å². The Kier molecular flexibility index (Phi) is 6.80. The largest absolute Gasteiger partial charge is 0.394 e. The Balaban J connectivity index is 2.61. The van der Waals surface area contributed by atoms with Gasteiger partial charge in [0.1, 0.15) is 0 Å². The molecule has 112 valence electrons. The van der Waals surface area contributed by atoms with Crippen LogP contribution in [0.15, 0.2) is 0 Å². The van der Waals surface area contributed by atoms with Crippen LogP contribution in [0.4, 0.5) is 0 Å². The molecule has 0 aromatic rings. The van der Waals surface area contributed by atoms with Crippen molar-refractivity contribution in [2.75, 3.05) is 32.8 Å². The molecule has 1 rings (SSSR count). The first-order chi connectivity index (χ1) is 8.93. The van der Waals surface area contributed by atoms with Gasteiger partial charge in [-0.25, -0.2) is 0 Å². The van der Waals surface area contributed by atoms with Crippen molar-refractivity contribution in [2.45, 2.75) is 46.6 Å². The Bertz CT molecular complexity index is 279. The summed E-state index contributed by atoms with van der Waals surface area (Å²) >= 11 is 0. The smallest absolute Gasteiger partial charge is 0.224 e. The summed E-state index contributed by atoms with van der Waals surface area (Å²) in [6, 6.07) is -0.00787. The molecule has 0 aromatic heterocycles. The van der Waals surface area contributed by atoms with Crippen LogP contribution in [0.3, 0.4) is 0 Å². The summed E-state index contributed by atoms with van der Waals surface area (Å²) in [6.45, 7) is 12.4. The van der Waals surface area contributed by atoms with Crippen molar-refractivity contribution in [3.8, 4) is 0 Å². The number of hydrogen-bond donors (Lipinski definition) is 1. The van der Waals surface area contributed by atoms with Gasteiger partial charge in [0.15, 0.2) is 0 Å². The maximum absolute atomic E-state index is 12.2. The Morgan fingerprint density at radius 2 is 1.79 bits per heavy atom. The van der Waals surface area contributed by atoms with Gasteiger partial charge in [-0.15, -0.1) is 0 Å². The topological polar surface area (TPSA) is 43.8 Å². The summed E-state index contributed by atoms with van der Waals surface area (Å²) in [5.74, 6) is 1.33. The number of aliphatic hydroxyl groups excluding tert-OH is 1. The van der Waals surface area contributed by atoms with E-state index in [0.29, 0.717) is 18.3 Å². The summed E-state index contributed by atoms with van der Waals surface area (Å²) in [6.07, 6.45) is 1.47. The number of carbonyl (C=O) groups is 1. The Morgan fingerprint density at radius 3 is 2.32 bits per heavy atom. The molecule has 4 heteroatoms. The maximum atomic E-state index is 12.2. The molecule has 0 bridgehead atoms. The van der Waals surface area contributed by atoms with Crippen LogP contribution >= 0.6 is 0 Å². The molecule has 0 aliphatic carbocycles. The molecule has 1 saturated heterocycles. The number of rotatable bonds is 6. The second-order valence-electron chi connectivity index (χ2n) is 6.50. The molecule has 1 atom stereocenters. The highest BCUT2D eigenvalue weighted by molar-refractivity contribution is 5.77. The van der Waals surface area contributed by atoms with Crippen LogP contribution in [0, 0.1) is 11.8 Å². The zero-order chi connectivity index (χ0) is 14.4. The van der Waals surface area contributed by atoms with Gasteiger partial charge >= 0.3 is 0 Å². The molecule has 1 amide bonds. The highest BCUT2D eigenvalue weighted by Gasteiger charge is 2.27. The summed E-state index contributed by atoms with van der Waals surface area (Å²) < 4.78 is 0. The highest BCUT2D eigenvalue weighted by Crippen LogP contribution is 2.15. The van der Waals surface area contributed by atoms with E-state index in [0.717, 1.165) is 32.6 Å². The number of carbonyl (C=O) groups excluding carboxylic acids is 1. The normalized spacial score (nSPS) is 20.2. The van der Waals surface area contributed by atoms with E-state index in [-0.39, 0.29) is 18.6 Å². The molecule has 1 fully saturated rings. The maximum Gasteiger partial charge on any atom is 0.224 e. The fourth-order valence-corrected chi connectivity index (χ4v) is 2.81. The van der Waals surface area contributed by atoms with E-state index in [1.54, 1.807) is 0 Å². The van der Waals surface area contributed by atoms with E-state index in [2.05, 4.69) is 32.6 Å². The van der Waals surface area contributed by atoms with Gasteiger partial charge in [0.25, 0.3) is 0 Å². The van der Waals surface area contributed by atoms with Crippen LogP contribution in [0.2, 0.25) is 0 Å². The third kappa shape index (κ3) is 5.49. The molecule has 0 aromatic carbocycles. The lowest BCUT2D eigenvalue weighted by atomic mass is 10.0. The van der Waals surface area contributed by atoms with Gasteiger partial charge in [-0.2, -0.15) is 0 Å². The predicted octanol–water partition coefficient (Wildman–Crippen LogP) is 1.58. The molecule has 1 N–H and O–H groups in total. The van der Waals surface area contributed by atoms with E-state index >= 15 is 0 Å². The third-order valence-electron chi connectivity index (χ3n) is 3.64. The monoisotopic (exact) mass is 270 g/mol. The molecular formula is C15H30N2O2. The Morgan fingerprint density at radius 1 is 1.11 bits per heavy atom. The zero-order valence-corrected chi connectivity index (χ0v) is 12.9. The van der Waals surface area contributed by atoms with Crippen LogP contribution < -0.4 is 0 Å². The van der Waals surface area contributed by atoms with Crippen molar-refractivity contribution < 1.29 is 9.90 Å². The molecule has 1 aliphatic heterocycles. The van der Waals surface area contributed by atoms with Crippen LogP contribution in [0.1, 0.15) is 40.5 Å². The number of aliphatic hydroxyl groups is 1. The van der Waals surface area contributed by atoms with Gasteiger partial charge < -0.3 is 14.9 Å². The van der Waals surface area contributed by atoms with Crippen LogP contribution in [0.5, 0.6) is 0 Å². The van der Waals surface area contributed by atoms with Gasteiger partial charge in [0.2, 0.25) is 5.91 Å². The fourth-order valence-electron chi connectivity index (χ4n) is 2.81. The van der Waals surface area contributed by atoms with Gasteiger partial charge in [-0.05, 0) is 18.3 Å². The van der Waals surface area contributed by atoms with Gasteiger partial charge in [-0.1, -0.05) is 27.7 Å². The summed E-state index contributed by atoms with van der Waals surface area (Å²) in [5, 5.41) is 9.54. The van der Waals surface area contributed by atoms with Crippen molar-refractivity contribution in [1.29, 1.82) is 0 Å². The third-order valence-corrected chi connectivity index (χ3v) is 3.64. The molecule has 0 spiro atoms. The number of hydrogen-bond acceptors (Lipinski definition) is 3. The van der Waals surface area contributed by atoms with Crippen molar-refractivity contribution in [3.05, 3.63) is 0 Å². The standard InChI is InChI=1S/C15H30N2O2/c1-12(2)9-14(11-18)17-8-7-16(10-13(3)4)6-5-15(17)19/h12-14,18H,5-11H2,1-4H3/t14-/m0/s1. The lowest BCUT2D eigenvalue weighted by Crippen LogP contribution is -2.44. The summed E-state index contributed by atoms with van der Waals surface area (Å²) in [7, 11) is 0. The lowest BCUT2D eigenvalue weighted by Gasteiger charge is -2.31. The summed E-state index contributed by atoms with van der Waals surface area (Å²) in [4.78, 5) is 16.5. The molecule has 1 heterocycles. The first kappa shape index (κ1) is 16.4. The Hall–Kier alpha value is -0.610.